The molecule has 96 valence electrons. The molecule has 0 aromatic carbocycles. The predicted octanol–water partition coefficient (Wildman–Crippen LogP) is 1.58. The lowest BCUT2D eigenvalue weighted by Gasteiger charge is -2.30. The maximum absolute atomic E-state index is 11.5. The highest BCUT2D eigenvalue weighted by molar-refractivity contribution is 5.92. The molecule has 0 amide bonds. The van der Waals surface area contributed by atoms with Gasteiger partial charge in [0.25, 0.3) is 0 Å². The highest BCUT2D eigenvalue weighted by Gasteiger charge is 2.46. The van der Waals surface area contributed by atoms with Gasteiger partial charge in [0.2, 0.25) is 0 Å². The van der Waals surface area contributed by atoms with E-state index in [1.807, 2.05) is 0 Å². The van der Waals surface area contributed by atoms with Crippen molar-refractivity contribution in [3.8, 4) is 0 Å². The fourth-order valence-electron chi connectivity index (χ4n) is 2.39. The summed E-state index contributed by atoms with van der Waals surface area (Å²) in [7, 11) is 0. The van der Waals surface area contributed by atoms with E-state index in [1.165, 1.54) is 12.2 Å². The van der Waals surface area contributed by atoms with E-state index < -0.39 is 11.6 Å². The van der Waals surface area contributed by atoms with Gasteiger partial charge in [-0.2, -0.15) is 0 Å². The highest BCUT2D eigenvalue weighted by Crippen LogP contribution is 2.42. The number of ketones is 1. The normalized spacial score (nSPS) is 32.4. The lowest BCUT2D eigenvalue weighted by atomic mass is 9.77. The zero-order valence-corrected chi connectivity index (χ0v) is 10.3. The minimum absolute atomic E-state index is 0.0396. The number of ether oxygens (including phenoxy) is 2. The van der Waals surface area contributed by atoms with Crippen molar-refractivity contribution in [2.24, 2.45) is 5.92 Å². The lowest BCUT2D eigenvalue weighted by molar-refractivity contribution is -0.137. The molecule has 1 saturated heterocycles. The van der Waals surface area contributed by atoms with Gasteiger partial charge in [-0.25, -0.2) is 4.79 Å². The van der Waals surface area contributed by atoms with E-state index in [0.717, 1.165) is 5.57 Å². The molecule has 0 saturated carbocycles. The first-order valence-corrected chi connectivity index (χ1v) is 5.98. The Hall–Kier alpha value is -1.68. The van der Waals surface area contributed by atoms with Crippen molar-refractivity contribution in [3.05, 3.63) is 36.5 Å². The number of hydrogen-bond donors (Lipinski definition) is 0. The molecule has 2 atom stereocenters. The van der Waals surface area contributed by atoms with Crippen LogP contribution in [0.15, 0.2) is 36.5 Å². The molecule has 2 aliphatic rings. The topological polar surface area (TPSA) is 52.6 Å². The zero-order valence-electron chi connectivity index (χ0n) is 10.3. The van der Waals surface area contributed by atoms with E-state index in [0.29, 0.717) is 19.6 Å². The van der Waals surface area contributed by atoms with Gasteiger partial charge < -0.3 is 9.47 Å². The Kier molecular flexibility index (Phi) is 3.48. The number of esters is 1. The summed E-state index contributed by atoms with van der Waals surface area (Å²) in [5, 5.41) is 0. The number of carbonyl (C=O) groups excluding carboxylic acids is 2. The molecule has 1 heterocycles. The fourth-order valence-corrected chi connectivity index (χ4v) is 2.39. The average molecular weight is 248 g/mol. The first-order chi connectivity index (χ1) is 8.61. The van der Waals surface area contributed by atoms with Gasteiger partial charge in [-0.1, -0.05) is 12.7 Å². The quantitative estimate of drug-likeness (QED) is 0.432. The predicted molar refractivity (Wildman–Crippen MR) is 65.9 cm³/mol. The summed E-state index contributed by atoms with van der Waals surface area (Å²) in [6.45, 7) is 6.17. The summed E-state index contributed by atoms with van der Waals surface area (Å²) in [6.07, 6.45) is 6.71. The van der Waals surface area contributed by atoms with Crippen molar-refractivity contribution in [1.29, 1.82) is 0 Å². The molecule has 0 radical (unpaired) electrons. The third-order valence-corrected chi connectivity index (χ3v) is 3.32. The van der Waals surface area contributed by atoms with Crippen LogP contribution in [0.2, 0.25) is 0 Å². The van der Waals surface area contributed by atoms with Gasteiger partial charge in [0, 0.05) is 18.4 Å². The van der Waals surface area contributed by atoms with Crippen molar-refractivity contribution < 1.29 is 19.1 Å². The number of rotatable bonds is 3. The van der Waals surface area contributed by atoms with Crippen LogP contribution in [0.5, 0.6) is 0 Å². The van der Waals surface area contributed by atoms with E-state index in [1.54, 1.807) is 19.1 Å². The van der Waals surface area contributed by atoms with Crippen LogP contribution in [-0.2, 0) is 19.1 Å². The molecule has 4 nitrogen and oxygen atoms in total. The molecule has 18 heavy (non-hydrogen) atoms. The Balaban J connectivity index is 2.27. The first kappa shape index (κ1) is 12.8. The maximum Gasteiger partial charge on any atom is 0.330 e. The average Bonchev–Trinajstić information content (AvgIpc) is 2.69. The summed E-state index contributed by atoms with van der Waals surface area (Å²) in [6, 6.07) is 0. The van der Waals surface area contributed by atoms with Crippen molar-refractivity contribution in [2.45, 2.75) is 18.9 Å². The van der Waals surface area contributed by atoms with Crippen molar-refractivity contribution in [2.75, 3.05) is 13.2 Å². The summed E-state index contributed by atoms with van der Waals surface area (Å²) >= 11 is 0. The molecular weight excluding hydrogens is 232 g/mol. The molecule has 0 bridgehead atoms. The van der Waals surface area contributed by atoms with Gasteiger partial charge >= 0.3 is 5.97 Å². The molecule has 0 aromatic rings. The second kappa shape index (κ2) is 4.90. The van der Waals surface area contributed by atoms with E-state index in [-0.39, 0.29) is 11.7 Å². The second-order valence-corrected chi connectivity index (χ2v) is 4.37. The number of hydrogen-bond acceptors (Lipinski definition) is 4. The Morgan fingerprint density at radius 1 is 1.72 bits per heavy atom. The number of carbonyl (C=O) groups is 2. The van der Waals surface area contributed by atoms with Crippen molar-refractivity contribution in [3.63, 3.8) is 0 Å². The highest BCUT2D eigenvalue weighted by atomic mass is 16.5. The van der Waals surface area contributed by atoms with Crippen molar-refractivity contribution in [1.82, 2.24) is 0 Å². The SMILES string of the molecule is C=C[C@@]12C=CC(=O)CC1/C(=C\C(=O)OCC)CO2. The van der Waals surface area contributed by atoms with Crippen LogP contribution in [0.1, 0.15) is 13.3 Å². The Labute approximate surface area is 106 Å². The van der Waals surface area contributed by atoms with Crippen LogP contribution in [0, 0.1) is 5.92 Å². The molecule has 0 aromatic heterocycles. The van der Waals surface area contributed by atoms with Crippen LogP contribution < -0.4 is 0 Å². The van der Waals surface area contributed by atoms with Gasteiger partial charge in [-0.15, -0.1) is 0 Å². The molecule has 4 heteroatoms. The standard InChI is InChI=1S/C14H16O4/c1-3-14-6-5-11(15)8-12(14)10(9-18-14)7-13(16)17-4-2/h3,5-7,12H,1,4,8-9H2,2H3/b10-7-/t12?,14-/m1/s1. The summed E-state index contributed by atoms with van der Waals surface area (Å²) < 4.78 is 10.6. The van der Waals surface area contributed by atoms with Crippen LogP contribution in [0.3, 0.4) is 0 Å². The number of allylic oxidation sites excluding steroid dienone is 1. The van der Waals surface area contributed by atoms with Crippen molar-refractivity contribution >= 4 is 11.8 Å². The monoisotopic (exact) mass is 248 g/mol. The molecule has 0 N–H and O–H groups in total. The second-order valence-electron chi connectivity index (χ2n) is 4.37. The Bertz CT molecular complexity index is 447. The minimum Gasteiger partial charge on any atom is -0.463 e. The van der Waals surface area contributed by atoms with Crippen LogP contribution in [0.25, 0.3) is 0 Å². The largest absolute Gasteiger partial charge is 0.463 e. The minimum atomic E-state index is -0.647. The number of fused-ring (bicyclic) bond motifs is 1. The third-order valence-electron chi connectivity index (χ3n) is 3.32. The van der Waals surface area contributed by atoms with Gasteiger partial charge in [0.05, 0.1) is 13.2 Å². The summed E-state index contributed by atoms with van der Waals surface area (Å²) in [5.41, 5.74) is 0.151. The lowest BCUT2D eigenvalue weighted by Crippen LogP contribution is -2.35. The fraction of sp³-hybridized carbons (Fsp3) is 0.429. The maximum atomic E-state index is 11.5. The van der Waals surface area contributed by atoms with Gasteiger partial charge in [-0.3, -0.25) is 4.79 Å². The van der Waals surface area contributed by atoms with Gasteiger partial charge in [-0.05, 0) is 24.6 Å². The molecule has 1 aliphatic carbocycles. The molecule has 1 fully saturated rings. The Morgan fingerprint density at radius 2 is 2.50 bits per heavy atom. The van der Waals surface area contributed by atoms with E-state index >= 15 is 0 Å². The molecule has 0 spiro atoms. The molecular formula is C14H16O4. The van der Waals surface area contributed by atoms with Crippen LogP contribution in [-0.4, -0.2) is 30.6 Å². The third kappa shape index (κ3) is 2.16. The zero-order chi connectivity index (χ0) is 13.2. The molecule has 1 aliphatic heterocycles. The molecule has 1 unspecified atom stereocenters. The van der Waals surface area contributed by atoms with E-state index in [4.69, 9.17) is 9.47 Å². The van der Waals surface area contributed by atoms with Gasteiger partial charge in [0.15, 0.2) is 5.78 Å². The smallest absolute Gasteiger partial charge is 0.330 e. The van der Waals surface area contributed by atoms with E-state index in [9.17, 15) is 9.59 Å². The van der Waals surface area contributed by atoms with E-state index in [2.05, 4.69) is 6.58 Å². The Morgan fingerprint density at radius 3 is 3.17 bits per heavy atom. The molecule has 2 rings (SSSR count). The first-order valence-electron chi connectivity index (χ1n) is 5.98. The van der Waals surface area contributed by atoms with Gasteiger partial charge in [0.1, 0.15) is 5.60 Å². The van der Waals surface area contributed by atoms with Crippen LogP contribution in [0.4, 0.5) is 0 Å². The summed E-state index contributed by atoms with van der Waals surface area (Å²) in [4.78, 5) is 23.0. The summed E-state index contributed by atoms with van der Waals surface area (Å²) in [5.74, 6) is -0.493. The van der Waals surface area contributed by atoms with Crippen LogP contribution >= 0.6 is 0 Å².